The fourth-order valence-electron chi connectivity index (χ4n) is 1.63. The largest absolute Gasteiger partial charge is 0.469 e. The molecule has 0 heterocycles. The van der Waals surface area contributed by atoms with E-state index in [9.17, 15) is 9.13 Å². The molecule has 0 aromatic rings. The normalized spacial score (nSPS) is 28.0. The van der Waals surface area contributed by atoms with Crippen molar-refractivity contribution in [3.8, 4) is 0 Å². The second-order valence-electron chi connectivity index (χ2n) is 3.59. The highest BCUT2D eigenvalue weighted by Gasteiger charge is 2.31. The molecule has 0 bridgehead atoms. The summed E-state index contributed by atoms with van der Waals surface area (Å²) in [6.07, 6.45) is 0.0341. The molecule has 0 unspecified atom stereocenters. The summed E-state index contributed by atoms with van der Waals surface area (Å²) in [6, 6.07) is 0. The number of hydrogen-bond acceptors (Lipinski definition) is 4. The first-order valence-electron chi connectivity index (χ1n) is 4.63. The maximum absolute atomic E-state index is 10.5. The van der Waals surface area contributed by atoms with Crippen LogP contribution in [0.5, 0.6) is 0 Å². The van der Waals surface area contributed by atoms with Gasteiger partial charge in [-0.05, 0) is 25.7 Å². The molecule has 0 radical (unpaired) electrons. The number of rotatable bonds is 4. The van der Waals surface area contributed by atoms with E-state index >= 15 is 0 Å². The molecule has 0 aromatic heterocycles. The Morgan fingerprint density at radius 3 is 1.19 bits per heavy atom. The molecule has 4 N–H and O–H groups in total. The van der Waals surface area contributed by atoms with E-state index in [2.05, 4.69) is 9.05 Å². The summed E-state index contributed by atoms with van der Waals surface area (Å²) in [5.74, 6) is 0. The predicted molar refractivity (Wildman–Crippen MR) is 52.3 cm³/mol. The van der Waals surface area contributed by atoms with Crippen LogP contribution in [0, 0.1) is 0 Å². The molecule has 96 valence electrons. The predicted octanol–water partition coefficient (Wildman–Crippen LogP) is 0.516. The third-order valence-electron chi connectivity index (χ3n) is 2.19. The van der Waals surface area contributed by atoms with Gasteiger partial charge in [-0.3, -0.25) is 9.05 Å². The molecule has 1 aliphatic rings. The molecule has 16 heavy (non-hydrogen) atoms. The van der Waals surface area contributed by atoms with Crippen LogP contribution in [0.25, 0.3) is 0 Å². The Kier molecular flexibility index (Phi) is 4.68. The van der Waals surface area contributed by atoms with Crippen molar-refractivity contribution in [2.45, 2.75) is 37.9 Å². The van der Waals surface area contributed by atoms with Crippen LogP contribution < -0.4 is 0 Å². The average Bonchev–Trinajstić information content (AvgIpc) is 2.03. The Bertz CT molecular complexity index is 278. The van der Waals surface area contributed by atoms with Crippen LogP contribution in [0.3, 0.4) is 0 Å². The van der Waals surface area contributed by atoms with E-state index in [4.69, 9.17) is 19.6 Å². The third-order valence-corrected chi connectivity index (χ3v) is 3.34. The lowest BCUT2D eigenvalue weighted by atomic mass is 9.95. The van der Waals surface area contributed by atoms with E-state index in [0.29, 0.717) is 25.7 Å². The minimum absolute atomic E-state index is 0.301. The molecule has 0 amide bonds. The Morgan fingerprint density at radius 1 is 0.750 bits per heavy atom. The van der Waals surface area contributed by atoms with Crippen LogP contribution >= 0.6 is 15.6 Å². The maximum Gasteiger partial charge on any atom is 0.469 e. The van der Waals surface area contributed by atoms with Crippen LogP contribution in [0.2, 0.25) is 0 Å². The van der Waals surface area contributed by atoms with Gasteiger partial charge in [0.05, 0.1) is 12.2 Å². The number of phosphoric ester groups is 2. The second kappa shape index (κ2) is 5.25. The molecule has 0 atom stereocenters. The zero-order chi connectivity index (χ0) is 12.4. The minimum Gasteiger partial charge on any atom is -0.303 e. The first-order chi connectivity index (χ1) is 7.16. The Balaban J connectivity index is 2.34. The summed E-state index contributed by atoms with van der Waals surface area (Å²) in [4.78, 5) is 34.2. The summed E-state index contributed by atoms with van der Waals surface area (Å²) in [6.45, 7) is 0. The van der Waals surface area contributed by atoms with Gasteiger partial charge in [-0.2, -0.15) is 0 Å². The van der Waals surface area contributed by atoms with Crippen molar-refractivity contribution in [1.29, 1.82) is 0 Å². The molecule has 0 aliphatic heterocycles. The van der Waals surface area contributed by atoms with Crippen LogP contribution in [0.15, 0.2) is 0 Å². The molecule has 8 nitrogen and oxygen atoms in total. The first kappa shape index (κ1) is 14.3. The maximum atomic E-state index is 10.5. The highest BCUT2D eigenvalue weighted by atomic mass is 31.2. The minimum atomic E-state index is -4.49. The monoisotopic (exact) mass is 276 g/mol. The van der Waals surface area contributed by atoms with Crippen molar-refractivity contribution >= 4 is 15.6 Å². The SMILES string of the molecule is O=P(O)(O)OC1CCC(OP(=O)(O)O)CC1. The molecule has 10 heteroatoms. The van der Waals surface area contributed by atoms with E-state index in [1.807, 2.05) is 0 Å². The van der Waals surface area contributed by atoms with Crippen LogP contribution in [0.1, 0.15) is 25.7 Å². The van der Waals surface area contributed by atoms with Crippen LogP contribution in [-0.4, -0.2) is 31.8 Å². The Morgan fingerprint density at radius 2 is 1.00 bits per heavy atom. The topological polar surface area (TPSA) is 134 Å². The van der Waals surface area contributed by atoms with E-state index in [1.165, 1.54) is 0 Å². The zero-order valence-corrected chi connectivity index (χ0v) is 10.1. The van der Waals surface area contributed by atoms with Gasteiger partial charge in [0, 0.05) is 0 Å². The van der Waals surface area contributed by atoms with E-state index < -0.39 is 27.9 Å². The summed E-state index contributed by atoms with van der Waals surface area (Å²) >= 11 is 0. The molecule has 0 saturated heterocycles. The third kappa shape index (κ3) is 6.08. The lowest BCUT2D eigenvalue weighted by molar-refractivity contribution is 0.0442. The highest BCUT2D eigenvalue weighted by Crippen LogP contribution is 2.44. The van der Waals surface area contributed by atoms with Gasteiger partial charge in [0.15, 0.2) is 0 Å². The lowest BCUT2D eigenvalue weighted by Gasteiger charge is -2.28. The summed E-state index contributed by atoms with van der Waals surface area (Å²) in [5, 5.41) is 0. The van der Waals surface area contributed by atoms with E-state index in [1.54, 1.807) is 0 Å². The van der Waals surface area contributed by atoms with Crippen molar-refractivity contribution in [2.75, 3.05) is 0 Å². The molecule has 0 spiro atoms. The van der Waals surface area contributed by atoms with Crippen LogP contribution in [0.4, 0.5) is 0 Å². The number of hydrogen-bond donors (Lipinski definition) is 4. The van der Waals surface area contributed by atoms with Gasteiger partial charge in [-0.25, -0.2) is 9.13 Å². The van der Waals surface area contributed by atoms with Gasteiger partial charge in [0.1, 0.15) is 0 Å². The van der Waals surface area contributed by atoms with Crippen molar-refractivity contribution in [3.05, 3.63) is 0 Å². The smallest absolute Gasteiger partial charge is 0.303 e. The number of phosphoric acid groups is 2. The van der Waals surface area contributed by atoms with Gasteiger partial charge >= 0.3 is 15.6 Å². The van der Waals surface area contributed by atoms with Gasteiger partial charge in [0.25, 0.3) is 0 Å². The summed E-state index contributed by atoms with van der Waals surface area (Å²) < 4.78 is 30.0. The fraction of sp³-hybridized carbons (Fsp3) is 1.00. The van der Waals surface area contributed by atoms with Gasteiger partial charge in [-0.1, -0.05) is 0 Å². The Hall–Kier alpha value is 0.220. The summed E-state index contributed by atoms with van der Waals surface area (Å²) in [5.41, 5.74) is 0. The van der Waals surface area contributed by atoms with Crippen molar-refractivity contribution < 1.29 is 37.8 Å². The fourth-order valence-corrected chi connectivity index (χ4v) is 2.83. The average molecular weight is 276 g/mol. The van der Waals surface area contributed by atoms with Gasteiger partial charge < -0.3 is 19.6 Å². The molecule has 1 fully saturated rings. The second-order valence-corrected chi connectivity index (χ2v) is 5.97. The standard InChI is InChI=1S/C6H14O8P2/c7-15(8,9)13-5-1-2-6(4-3-5)14-16(10,11)12/h5-6H,1-4H2,(H2,7,8,9)(H2,10,11,12). The van der Waals surface area contributed by atoms with Crippen molar-refractivity contribution in [2.24, 2.45) is 0 Å². The zero-order valence-electron chi connectivity index (χ0n) is 8.30. The first-order valence-corrected chi connectivity index (χ1v) is 7.70. The lowest BCUT2D eigenvalue weighted by Crippen LogP contribution is -2.25. The van der Waals surface area contributed by atoms with E-state index in [0.717, 1.165) is 0 Å². The van der Waals surface area contributed by atoms with Crippen molar-refractivity contribution in [1.82, 2.24) is 0 Å². The highest BCUT2D eigenvalue weighted by molar-refractivity contribution is 7.46. The molecule has 1 aliphatic carbocycles. The molecular formula is C6H14O8P2. The molecular weight excluding hydrogens is 262 g/mol. The molecule has 1 saturated carbocycles. The molecule has 0 aromatic carbocycles. The van der Waals surface area contributed by atoms with E-state index in [-0.39, 0.29) is 0 Å². The quantitative estimate of drug-likeness (QED) is 0.546. The Labute approximate surface area is 92.1 Å². The molecule has 1 rings (SSSR count). The van der Waals surface area contributed by atoms with Gasteiger partial charge in [0.2, 0.25) is 0 Å². The van der Waals surface area contributed by atoms with Crippen molar-refractivity contribution in [3.63, 3.8) is 0 Å². The van der Waals surface area contributed by atoms with Crippen LogP contribution in [-0.2, 0) is 18.2 Å². The van der Waals surface area contributed by atoms with Gasteiger partial charge in [-0.15, -0.1) is 0 Å². The summed E-state index contributed by atoms with van der Waals surface area (Å²) in [7, 11) is -8.98.